The van der Waals surface area contributed by atoms with Crippen LogP contribution in [-0.4, -0.2) is 33.5 Å². The number of aliphatic hydroxyl groups excluding tert-OH is 1. The smallest absolute Gasteiger partial charge is 0.303 e. The molecular formula is C34H48O4. The molecule has 4 nitrogen and oxygen atoms in total. The molecule has 0 spiro atoms. The first kappa shape index (κ1) is 28.8. The van der Waals surface area contributed by atoms with Gasteiger partial charge in [0.2, 0.25) is 0 Å². The van der Waals surface area contributed by atoms with Crippen molar-refractivity contribution in [3.05, 3.63) is 71.3 Å². The first-order valence-electron chi connectivity index (χ1n) is 14.6. The zero-order chi connectivity index (χ0) is 27.9. The predicted octanol–water partition coefficient (Wildman–Crippen LogP) is 6.98. The summed E-state index contributed by atoms with van der Waals surface area (Å²) in [5.74, 6) is 1.87. The van der Waals surface area contributed by atoms with E-state index in [4.69, 9.17) is 5.11 Å². The van der Waals surface area contributed by atoms with Gasteiger partial charge in [-0.05, 0) is 95.8 Å². The van der Waals surface area contributed by atoms with Crippen LogP contribution in [0.1, 0.15) is 78.7 Å². The molecular weight excluding hydrogens is 472 g/mol. The van der Waals surface area contributed by atoms with Crippen LogP contribution in [0.4, 0.5) is 0 Å². The molecule has 1 aromatic carbocycles. The lowest BCUT2D eigenvalue weighted by Gasteiger charge is -2.53. The van der Waals surface area contributed by atoms with Gasteiger partial charge in [0, 0.05) is 18.8 Å². The van der Waals surface area contributed by atoms with E-state index in [9.17, 15) is 15.0 Å². The highest BCUT2D eigenvalue weighted by atomic mass is 16.4. The van der Waals surface area contributed by atoms with E-state index in [0.717, 1.165) is 48.3 Å². The molecule has 0 amide bonds. The van der Waals surface area contributed by atoms with Crippen molar-refractivity contribution in [1.29, 1.82) is 0 Å². The molecule has 4 aliphatic rings. The summed E-state index contributed by atoms with van der Waals surface area (Å²) >= 11 is 0. The second-order valence-electron chi connectivity index (χ2n) is 13.1. The number of rotatable bonds is 7. The Labute approximate surface area is 229 Å². The minimum Gasteiger partial charge on any atom is -0.481 e. The van der Waals surface area contributed by atoms with Gasteiger partial charge in [0.1, 0.15) is 0 Å². The third-order valence-corrected chi connectivity index (χ3v) is 10.9. The Kier molecular flexibility index (Phi) is 8.17. The Hall–Kier alpha value is -2.17. The fourth-order valence-corrected chi connectivity index (χ4v) is 8.64. The molecule has 7 atom stereocenters. The fraction of sp³-hybridized carbons (Fsp3) is 0.618. The number of fused-ring (bicyclic) bond motifs is 5. The van der Waals surface area contributed by atoms with Gasteiger partial charge in [-0.15, -0.1) is 0 Å². The molecule has 4 aliphatic carbocycles. The molecule has 4 heteroatoms. The van der Waals surface area contributed by atoms with E-state index in [2.05, 4.69) is 65.5 Å². The minimum absolute atomic E-state index is 0.0455. The van der Waals surface area contributed by atoms with Crippen molar-refractivity contribution in [3.63, 3.8) is 0 Å². The number of aryl methyl sites for hydroxylation is 1. The average molecular weight is 521 g/mol. The Balaban J connectivity index is 0.000000219. The summed E-state index contributed by atoms with van der Waals surface area (Å²) in [6, 6.07) is 10.1. The number of aliphatic hydroxyl groups is 2. The summed E-state index contributed by atoms with van der Waals surface area (Å²) in [7, 11) is 0. The summed E-state index contributed by atoms with van der Waals surface area (Å²) in [5, 5.41) is 30.2. The van der Waals surface area contributed by atoms with Crippen LogP contribution in [0.5, 0.6) is 0 Å². The number of carboxylic acid groups (broad SMARTS) is 1. The van der Waals surface area contributed by atoms with Gasteiger partial charge in [-0.3, -0.25) is 4.79 Å². The molecule has 0 aromatic heterocycles. The molecule has 1 aromatic rings. The van der Waals surface area contributed by atoms with Crippen LogP contribution in [0.25, 0.3) is 0 Å². The van der Waals surface area contributed by atoms with Gasteiger partial charge in [-0.25, -0.2) is 0 Å². The molecule has 208 valence electrons. The molecule has 0 bridgehead atoms. The molecule has 2 fully saturated rings. The first-order valence-corrected chi connectivity index (χ1v) is 14.6. The predicted molar refractivity (Wildman–Crippen MR) is 154 cm³/mol. The second-order valence-corrected chi connectivity index (χ2v) is 13.1. The number of benzene rings is 1. The van der Waals surface area contributed by atoms with Crippen molar-refractivity contribution in [2.24, 2.45) is 40.4 Å². The lowest BCUT2D eigenvalue weighted by Crippen LogP contribution is -2.52. The van der Waals surface area contributed by atoms with E-state index in [1.54, 1.807) is 0 Å². The lowest BCUT2D eigenvalue weighted by atomic mass is 9.51. The van der Waals surface area contributed by atoms with Crippen LogP contribution < -0.4 is 0 Å². The van der Waals surface area contributed by atoms with E-state index < -0.39 is 11.6 Å². The topological polar surface area (TPSA) is 77.8 Å². The third kappa shape index (κ3) is 4.84. The highest BCUT2D eigenvalue weighted by Gasteiger charge is 2.71. The van der Waals surface area contributed by atoms with Crippen molar-refractivity contribution >= 4 is 5.97 Å². The fourth-order valence-electron chi connectivity index (χ4n) is 8.64. The number of hydrogen-bond donors (Lipinski definition) is 3. The molecule has 0 heterocycles. The summed E-state index contributed by atoms with van der Waals surface area (Å²) < 4.78 is 0. The van der Waals surface area contributed by atoms with Crippen molar-refractivity contribution < 1.29 is 20.1 Å². The van der Waals surface area contributed by atoms with Gasteiger partial charge in [-0.1, -0.05) is 76.8 Å². The van der Waals surface area contributed by atoms with Gasteiger partial charge in [0.15, 0.2) is 0 Å². The Morgan fingerprint density at radius 1 is 1.13 bits per heavy atom. The summed E-state index contributed by atoms with van der Waals surface area (Å²) in [6.07, 6.45) is 10.5. The Morgan fingerprint density at radius 3 is 2.42 bits per heavy atom. The Bertz CT molecular complexity index is 1100. The summed E-state index contributed by atoms with van der Waals surface area (Å²) in [4.78, 5) is 10.2. The SMILES string of the molecule is C=C1C(C)=CC2C1(O)CC(CO)=C[C@H]1[C@H]3C(C[C@@H](C)C21CC)C3(C)C.O=C(O)CCCCc1ccccc1. The zero-order valence-corrected chi connectivity index (χ0v) is 24.0. The van der Waals surface area contributed by atoms with Gasteiger partial charge in [-0.2, -0.15) is 0 Å². The maximum absolute atomic E-state index is 11.8. The maximum Gasteiger partial charge on any atom is 0.303 e. The molecule has 3 N–H and O–H groups in total. The molecule has 38 heavy (non-hydrogen) atoms. The molecule has 0 aliphatic heterocycles. The standard InChI is InChI=1S/C23H34O2.C11H14O2/c1-7-22-14(3)9-17-20(21(17,5)6)18(22)10-16(12-24)11-23(25)15(4)13(2)8-19(22)23;12-11(13)9-5-4-8-10-6-2-1-3-7-10/h8,10,14,17-20,24-25H,4,7,9,11-12H2,1-3,5-6H3;1-3,6-7H,4-5,8-9H2,(H,12,13)/t14-,17?,18+,19?,20-,22?,23?;/m1./s1. The van der Waals surface area contributed by atoms with Crippen LogP contribution in [0.15, 0.2) is 65.8 Å². The van der Waals surface area contributed by atoms with Gasteiger partial charge < -0.3 is 15.3 Å². The van der Waals surface area contributed by atoms with Crippen LogP contribution in [0.2, 0.25) is 0 Å². The van der Waals surface area contributed by atoms with E-state index >= 15 is 0 Å². The summed E-state index contributed by atoms with van der Waals surface area (Å²) in [5.41, 5.74) is 3.81. The first-order chi connectivity index (χ1) is 17.9. The van der Waals surface area contributed by atoms with Crippen molar-refractivity contribution in [2.45, 2.75) is 85.2 Å². The maximum atomic E-state index is 11.8. The monoisotopic (exact) mass is 520 g/mol. The van der Waals surface area contributed by atoms with Crippen LogP contribution in [0.3, 0.4) is 0 Å². The quantitative estimate of drug-likeness (QED) is 0.268. The second kappa shape index (κ2) is 10.8. The number of aliphatic carboxylic acids is 1. The molecule has 5 rings (SSSR count). The highest BCUT2D eigenvalue weighted by Crippen LogP contribution is 2.76. The van der Waals surface area contributed by atoms with E-state index in [1.165, 1.54) is 12.0 Å². The molecule has 4 unspecified atom stereocenters. The number of carboxylic acids is 1. The number of carbonyl (C=O) groups is 1. The van der Waals surface area contributed by atoms with Crippen LogP contribution in [-0.2, 0) is 11.2 Å². The van der Waals surface area contributed by atoms with Crippen molar-refractivity contribution in [2.75, 3.05) is 6.61 Å². The van der Waals surface area contributed by atoms with Crippen molar-refractivity contribution in [3.8, 4) is 0 Å². The number of allylic oxidation sites excluding steroid dienone is 1. The molecule has 0 saturated heterocycles. The van der Waals surface area contributed by atoms with Crippen molar-refractivity contribution in [1.82, 2.24) is 0 Å². The van der Waals surface area contributed by atoms with E-state index in [-0.39, 0.29) is 24.4 Å². The number of unbranched alkanes of at least 4 members (excludes halogenated alkanes) is 1. The van der Waals surface area contributed by atoms with Gasteiger partial charge in [0.05, 0.1) is 12.2 Å². The van der Waals surface area contributed by atoms with E-state index in [1.807, 2.05) is 18.2 Å². The Morgan fingerprint density at radius 2 is 1.82 bits per heavy atom. The van der Waals surface area contributed by atoms with Crippen LogP contribution in [0, 0.1) is 40.4 Å². The average Bonchev–Trinajstić information content (AvgIpc) is 3.39. The highest BCUT2D eigenvalue weighted by molar-refractivity contribution is 5.66. The van der Waals surface area contributed by atoms with Gasteiger partial charge >= 0.3 is 5.97 Å². The lowest BCUT2D eigenvalue weighted by molar-refractivity contribution is -0.137. The van der Waals surface area contributed by atoms with Crippen LogP contribution >= 0.6 is 0 Å². The van der Waals surface area contributed by atoms with E-state index in [0.29, 0.717) is 29.6 Å². The number of hydrogen-bond acceptors (Lipinski definition) is 3. The summed E-state index contributed by atoms with van der Waals surface area (Å²) in [6.45, 7) is 15.9. The molecule has 2 saturated carbocycles. The largest absolute Gasteiger partial charge is 0.481 e. The molecule has 0 radical (unpaired) electrons. The zero-order valence-electron chi connectivity index (χ0n) is 24.0. The third-order valence-electron chi connectivity index (χ3n) is 10.9. The normalized spacial score (nSPS) is 36.4. The van der Waals surface area contributed by atoms with Gasteiger partial charge in [0.25, 0.3) is 0 Å². The minimum atomic E-state index is -0.927.